The summed E-state index contributed by atoms with van der Waals surface area (Å²) in [7, 11) is 0. The first kappa shape index (κ1) is 17.0. The molecule has 1 saturated heterocycles. The van der Waals surface area contributed by atoms with Crippen LogP contribution in [0.25, 0.3) is 0 Å². The third-order valence-electron chi connectivity index (χ3n) is 3.99. The number of carbonyl (C=O) groups excluding carboxylic acids is 1. The molecule has 0 aromatic heterocycles. The number of aliphatic carboxylic acids is 1. The van der Waals surface area contributed by atoms with Crippen LogP contribution in [0.3, 0.4) is 0 Å². The van der Waals surface area contributed by atoms with Crippen molar-refractivity contribution in [2.45, 2.75) is 59.0 Å². The molecule has 5 nitrogen and oxygen atoms in total. The van der Waals surface area contributed by atoms with E-state index in [9.17, 15) is 14.7 Å². The van der Waals surface area contributed by atoms with E-state index >= 15 is 0 Å². The van der Waals surface area contributed by atoms with Gasteiger partial charge < -0.3 is 10.4 Å². The first-order chi connectivity index (χ1) is 9.31. The molecule has 2 N–H and O–H groups in total. The topological polar surface area (TPSA) is 69.6 Å². The zero-order valence-corrected chi connectivity index (χ0v) is 13.1. The Labute approximate surface area is 121 Å². The van der Waals surface area contributed by atoms with E-state index in [1.165, 1.54) is 0 Å². The average molecular weight is 284 g/mol. The minimum atomic E-state index is -0.823. The molecule has 1 rings (SSSR count). The predicted octanol–water partition coefficient (Wildman–Crippen LogP) is 1.72. The highest BCUT2D eigenvalue weighted by atomic mass is 16.4. The van der Waals surface area contributed by atoms with Crippen LogP contribution in [0, 0.1) is 11.8 Å². The first-order valence-corrected chi connectivity index (χ1v) is 7.57. The molecular weight excluding hydrogens is 256 g/mol. The maximum Gasteiger partial charge on any atom is 0.321 e. The van der Waals surface area contributed by atoms with E-state index in [2.05, 4.69) is 19.2 Å². The summed E-state index contributed by atoms with van der Waals surface area (Å²) in [6, 6.07) is -0.375. The third-order valence-corrected chi connectivity index (χ3v) is 3.99. The predicted molar refractivity (Wildman–Crippen MR) is 78.5 cm³/mol. The van der Waals surface area contributed by atoms with Gasteiger partial charge in [0.1, 0.15) is 6.04 Å². The molecule has 116 valence electrons. The van der Waals surface area contributed by atoms with Gasteiger partial charge in [-0.05, 0) is 44.6 Å². The number of carbonyl (C=O) groups is 2. The van der Waals surface area contributed by atoms with E-state index in [1.807, 2.05) is 13.8 Å². The van der Waals surface area contributed by atoms with Gasteiger partial charge in [0.2, 0.25) is 5.91 Å². The lowest BCUT2D eigenvalue weighted by Crippen LogP contribution is -2.46. The van der Waals surface area contributed by atoms with Crippen molar-refractivity contribution in [3.05, 3.63) is 0 Å². The van der Waals surface area contributed by atoms with Gasteiger partial charge in [0.15, 0.2) is 0 Å². The summed E-state index contributed by atoms with van der Waals surface area (Å²) in [4.78, 5) is 25.0. The normalized spacial score (nSPS) is 24.9. The monoisotopic (exact) mass is 284 g/mol. The number of carboxylic acids is 1. The minimum Gasteiger partial charge on any atom is -0.480 e. The molecule has 0 saturated carbocycles. The Bertz CT molecular complexity index is 344. The van der Waals surface area contributed by atoms with Crippen LogP contribution in [0.4, 0.5) is 0 Å². The largest absolute Gasteiger partial charge is 0.480 e. The molecule has 0 aromatic rings. The number of likely N-dealkylation sites (tertiary alicyclic amines) is 1. The summed E-state index contributed by atoms with van der Waals surface area (Å²) in [5.74, 6) is -0.152. The van der Waals surface area contributed by atoms with Crippen molar-refractivity contribution in [3.63, 3.8) is 0 Å². The average Bonchev–Trinajstić information content (AvgIpc) is 2.67. The molecule has 1 heterocycles. The van der Waals surface area contributed by atoms with E-state index < -0.39 is 12.0 Å². The number of carboxylic acid groups (broad SMARTS) is 1. The van der Waals surface area contributed by atoms with E-state index in [0.29, 0.717) is 12.5 Å². The van der Waals surface area contributed by atoms with Crippen LogP contribution >= 0.6 is 0 Å². The molecule has 1 fully saturated rings. The minimum absolute atomic E-state index is 0.0680. The second kappa shape index (κ2) is 7.62. The summed E-state index contributed by atoms with van der Waals surface area (Å²) in [6.45, 7) is 9.14. The van der Waals surface area contributed by atoms with Crippen molar-refractivity contribution >= 4 is 11.9 Å². The van der Waals surface area contributed by atoms with Crippen molar-refractivity contribution in [2.75, 3.05) is 13.1 Å². The van der Waals surface area contributed by atoms with Crippen LogP contribution < -0.4 is 5.32 Å². The number of nitrogens with zero attached hydrogens (tertiary/aromatic N) is 1. The summed E-state index contributed by atoms with van der Waals surface area (Å²) in [5, 5.41) is 12.2. The molecule has 0 aliphatic carbocycles. The zero-order valence-electron chi connectivity index (χ0n) is 13.1. The molecular formula is C15H28N2O3. The number of amides is 1. The summed E-state index contributed by atoms with van der Waals surface area (Å²) < 4.78 is 0. The number of nitrogens with one attached hydrogen (secondary N) is 1. The van der Waals surface area contributed by atoms with Gasteiger partial charge in [0, 0.05) is 6.04 Å². The summed E-state index contributed by atoms with van der Waals surface area (Å²) >= 11 is 0. The molecule has 3 atom stereocenters. The maximum atomic E-state index is 12.0. The molecule has 0 spiro atoms. The Morgan fingerprint density at radius 1 is 1.30 bits per heavy atom. The Balaban J connectivity index is 2.40. The van der Waals surface area contributed by atoms with Gasteiger partial charge in [-0.1, -0.05) is 20.8 Å². The van der Waals surface area contributed by atoms with Crippen LogP contribution in [0.2, 0.25) is 0 Å². The molecule has 20 heavy (non-hydrogen) atoms. The van der Waals surface area contributed by atoms with Gasteiger partial charge in [-0.3, -0.25) is 14.5 Å². The van der Waals surface area contributed by atoms with Crippen molar-refractivity contribution in [1.29, 1.82) is 0 Å². The van der Waals surface area contributed by atoms with Gasteiger partial charge in [-0.2, -0.15) is 0 Å². The quantitative estimate of drug-likeness (QED) is 0.747. The van der Waals surface area contributed by atoms with E-state index in [4.69, 9.17) is 0 Å². The van der Waals surface area contributed by atoms with Gasteiger partial charge in [-0.25, -0.2) is 0 Å². The van der Waals surface area contributed by atoms with Crippen LogP contribution in [0.15, 0.2) is 0 Å². The smallest absolute Gasteiger partial charge is 0.321 e. The van der Waals surface area contributed by atoms with Crippen LogP contribution in [-0.2, 0) is 9.59 Å². The highest BCUT2D eigenvalue weighted by Gasteiger charge is 2.37. The molecule has 5 heteroatoms. The number of hydrogen-bond acceptors (Lipinski definition) is 3. The van der Waals surface area contributed by atoms with Gasteiger partial charge in [-0.15, -0.1) is 0 Å². The SMILES string of the molecule is CC(C)CCC(C)NC(=O)CN1CCC(C)C1C(=O)O. The Morgan fingerprint density at radius 2 is 1.95 bits per heavy atom. The second-order valence-electron chi connectivity index (χ2n) is 6.46. The summed E-state index contributed by atoms with van der Waals surface area (Å²) in [5.41, 5.74) is 0. The van der Waals surface area contributed by atoms with E-state index in [0.717, 1.165) is 19.3 Å². The zero-order chi connectivity index (χ0) is 15.3. The Hall–Kier alpha value is -1.10. The number of rotatable bonds is 7. The van der Waals surface area contributed by atoms with Crippen LogP contribution in [0.5, 0.6) is 0 Å². The fourth-order valence-electron chi connectivity index (χ4n) is 2.76. The highest BCUT2D eigenvalue weighted by Crippen LogP contribution is 2.23. The molecule has 1 aliphatic heterocycles. The Kier molecular flexibility index (Phi) is 6.46. The van der Waals surface area contributed by atoms with Crippen molar-refractivity contribution in [1.82, 2.24) is 10.2 Å². The highest BCUT2D eigenvalue weighted by molar-refractivity contribution is 5.80. The maximum absolute atomic E-state index is 12.0. The van der Waals surface area contributed by atoms with Gasteiger partial charge in [0.25, 0.3) is 0 Å². The lowest BCUT2D eigenvalue weighted by atomic mass is 10.0. The molecule has 0 radical (unpaired) electrons. The summed E-state index contributed by atoms with van der Waals surface area (Å²) in [6.07, 6.45) is 2.88. The van der Waals surface area contributed by atoms with Crippen LogP contribution in [0.1, 0.15) is 47.0 Å². The Morgan fingerprint density at radius 3 is 2.50 bits per heavy atom. The fourth-order valence-corrected chi connectivity index (χ4v) is 2.76. The standard InChI is InChI=1S/C15H28N2O3/c1-10(2)5-6-12(4)16-13(18)9-17-8-7-11(3)14(17)15(19)20/h10-12,14H,5-9H2,1-4H3,(H,16,18)(H,19,20). The number of hydrogen-bond donors (Lipinski definition) is 2. The van der Waals surface area contributed by atoms with Gasteiger partial charge >= 0.3 is 5.97 Å². The lowest BCUT2D eigenvalue weighted by Gasteiger charge is -2.23. The molecule has 0 bridgehead atoms. The van der Waals surface area contributed by atoms with Crippen LogP contribution in [-0.4, -0.2) is 47.1 Å². The second-order valence-corrected chi connectivity index (χ2v) is 6.46. The fraction of sp³-hybridized carbons (Fsp3) is 0.867. The molecule has 0 aromatic carbocycles. The lowest BCUT2D eigenvalue weighted by molar-refractivity contribution is -0.143. The first-order valence-electron chi connectivity index (χ1n) is 7.57. The molecule has 1 aliphatic rings. The van der Waals surface area contributed by atoms with E-state index in [1.54, 1.807) is 4.90 Å². The van der Waals surface area contributed by atoms with Crippen molar-refractivity contribution in [2.24, 2.45) is 11.8 Å². The van der Waals surface area contributed by atoms with Gasteiger partial charge in [0.05, 0.1) is 6.54 Å². The van der Waals surface area contributed by atoms with Crippen molar-refractivity contribution < 1.29 is 14.7 Å². The molecule has 3 unspecified atom stereocenters. The van der Waals surface area contributed by atoms with E-state index in [-0.39, 0.29) is 24.4 Å². The third kappa shape index (κ3) is 5.12. The molecule has 1 amide bonds. The van der Waals surface area contributed by atoms with Crippen molar-refractivity contribution in [3.8, 4) is 0 Å².